The molecule has 2 heteroatoms. The van der Waals surface area contributed by atoms with Gasteiger partial charge in [0.25, 0.3) is 0 Å². The minimum atomic E-state index is -0.101. The van der Waals surface area contributed by atoms with Crippen LogP contribution in [0, 0.1) is 0 Å². The van der Waals surface area contributed by atoms with Gasteiger partial charge in [-0.1, -0.05) is 61.5 Å². The van der Waals surface area contributed by atoms with Crippen molar-refractivity contribution in [3.8, 4) is 11.1 Å². The van der Waals surface area contributed by atoms with Gasteiger partial charge in [0.1, 0.15) is 6.29 Å². The molecule has 0 fully saturated rings. The molecule has 0 unspecified atom stereocenters. The number of nitrogens with one attached hydrogen (secondary N) is 1. The molecule has 0 bridgehead atoms. The zero-order valence-electron chi connectivity index (χ0n) is 13.7. The molecule has 0 saturated heterocycles. The molecule has 0 spiro atoms. The van der Waals surface area contributed by atoms with Gasteiger partial charge in [-0.05, 0) is 37.0 Å². The van der Waals surface area contributed by atoms with E-state index in [1.807, 2.05) is 18.2 Å². The Labute approximate surface area is 133 Å². The summed E-state index contributed by atoms with van der Waals surface area (Å²) in [5.74, 6) is -0.101. The molecule has 1 N–H and O–H groups in total. The monoisotopic (exact) mass is 295 g/mol. The summed E-state index contributed by atoms with van der Waals surface area (Å²) in [6.45, 7) is 7.15. The summed E-state index contributed by atoms with van der Waals surface area (Å²) in [7, 11) is 0. The van der Waals surface area contributed by atoms with Crippen LogP contribution in [0.3, 0.4) is 0 Å². The van der Waals surface area contributed by atoms with Crippen LogP contribution in [0.4, 0.5) is 0 Å². The lowest BCUT2D eigenvalue weighted by atomic mass is 9.95. The van der Waals surface area contributed by atoms with E-state index < -0.39 is 0 Å². The van der Waals surface area contributed by atoms with Gasteiger partial charge in [-0.2, -0.15) is 0 Å². The third kappa shape index (κ3) is 4.28. The molecule has 2 nitrogen and oxygen atoms in total. The summed E-state index contributed by atoms with van der Waals surface area (Å²) in [6.07, 6.45) is 2.07. The van der Waals surface area contributed by atoms with E-state index in [0.717, 1.165) is 18.3 Å². The third-order valence-electron chi connectivity index (χ3n) is 4.29. The lowest BCUT2D eigenvalue weighted by molar-refractivity contribution is -0.109. The van der Waals surface area contributed by atoms with Gasteiger partial charge in [0.05, 0.1) is 5.92 Å². The van der Waals surface area contributed by atoms with Crippen molar-refractivity contribution in [2.75, 3.05) is 6.54 Å². The summed E-state index contributed by atoms with van der Waals surface area (Å²) in [5, 5.41) is 3.47. The minimum Gasteiger partial charge on any atom is -0.311 e. The molecule has 0 heterocycles. The molecular formula is C20H25NO. The molecule has 2 rings (SSSR count). The second-order valence-electron chi connectivity index (χ2n) is 6.35. The fourth-order valence-corrected chi connectivity index (χ4v) is 2.31. The van der Waals surface area contributed by atoms with Crippen LogP contribution in [-0.4, -0.2) is 18.4 Å². The number of carbonyl (C=O) groups is 1. The van der Waals surface area contributed by atoms with Crippen LogP contribution in [0.25, 0.3) is 11.1 Å². The molecule has 0 saturated carbocycles. The highest BCUT2D eigenvalue weighted by Gasteiger charge is 2.17. The third-order valence-corrected chi connectivity index (χ3v) is 4.29. The van der Waals surface area contributed by atoms with Gasteiger partial charge in [0.15, 0.2) is 0 Å². The Morgan fingerprint density at radius 2 is 1.59 bits per heavy atom. The van der Waals surface area contributed by atoms with Crippen molar-refractivity contribution >= 4 is 6.29 Å². The minimum absolute atomic E-state index is 0.0608. The number of aldehydes is 1. The predicted molar refractivity (Wildman–Crippen MR) is 93.1 cm³/mol. The number of hydrogen-bond acceptors (Lipinski definition) is 2. The van der Waals surface area contributed by atoms with Gasteiger partial charge in [0, 0.05) is 12.1 Å². The first-order chi connectivity index (χ1) is 10.6. The predicted octanol–water partition coefficient (Wildman–Crippen LogP) is 4.41. The van der Waals surface area contributed by atoms with Crippen LogP contribution in [0.1, 0.15) is 38.7 Å². The van der Waals surface area contributed by atoms with E-state index in [1.54, 1.807) is 0 Å². The molecule has 0 aliphatic carbocycles. The highest BCUT2D eigenvalue weighted by Crippen LogP contribution is 2.22. The van der Waals surface area contributed by atoms with Crippen molar-refractivity contribution in [2.45, 2.75) is 38.6 Å². The van der Waals surface area contributed by atoms with Gasteiger partial charge >= 0.3 is 0 Å². The SMILES string of the molecule is CCC(C)(C)NC[C@@H](C=O)c1ccc(-c2ccccc2)cc1. The van der Waals surface area contributed by atoms with Crippen LogP contribution in [0.15, 0.2) is 54.6 Å². The fourth-order valence-electron chi connectivity index (χ4n) is 2.31. The topological polar surface area (TPSA) is 29.1 Å². The summed E-state index contributed by atoms with van der Waals surface area (Å²) in [6, 6.07) is 18.6. The Morgan fingerprint density at radius 3 is 2.14 bits per heavy atom. The van der Waals surface area contributed by atoms with Crippen molar-refractivity contribution in [2.24, 2.45) is 0 Å². The summed E-state index contributed by atoms with van der Waals surface area (Å²) >= 11 is 0. The number of hydrogen-bond donors (Lipinski definition) is 1. The van der Waals surface area contributed by atoms with Crippen LogP contribution < -0.4 is 5.32 Å². The summed E-state index contributed by atoms with van der Waals surface area (Å²) in [5.41, 5.74) is 3.50. The average Bonchev–Trinajstić information content (AvgIpc) is 2.57. The van der Waals surface area contributed by atoms with E-state index in [1.165, 1.54) is 11.1 Å². The normalized spacial score (nSPS) is 12.9. The van der Waals surface area contributed by atoms with Crippen LogP contribution in [0.2, 0.25) is 0 Å². The quantitative estimate of drug-likeness (QED) is 0.766. The molecule has 0 aromatic heterocycles. The first kappa shape index (κ1) is 16.4. The molecule has 0 aliphatic heterocycles. The molecule has 0 amide bonds. The van der Waals surface area contributed by atoms with E-state index in [-0.39, 0.29) is 11.5 Å². The Kier molecular flexibility index (Phi) is 5.51. The first-order valence-electron chi connectivity index (χ1n) is 7.91. The Balaban J connectivity index is 2.09. The molecule has 0 aliphatic rings. The van der Waals surface area contributed by atoms with Crippen molar-refractivity contribution in [3.63, 3.8) is 0 Å². The van der Waals surface area contributed by atoms with Gasteiger partial charge in [-0.3, -0.25) is 0 Å². The maximum Gasteiger partial charge on any atom is 0.128 e. The number of carbonyl (C=O) groups excluding carboxylic acids is 1. The van der Waals surface area contributed by atoms with Crippen molar-refractivity contribution in [1.29, 1.82) is 0 Å². The maximum atomic E-state index is 11.4. The lowest BCUT2D eigenvalue weighted by Gasteiger charge is -2.26. The van der Waals surface area contributed by atoms with E-state index in [2.05, 4.69) is 62.5 Å². The van der Waals surface area contributed by atoms with Crippen LogP contribution in [-0.2, 0) is 4.79 Å². The molecule has 2 aromatic carbocycles. The highest BCUT2D eigenvalue weighted by atomic mass is 16.1. The molecule has 0 radical (unpaired) electrons. The Bertz CT molecular complexity index is 587. The largest absolute Gasteiger partial charge is 0.311 e. The molecule has 1 atom stereocenters. The van der Waals surface area contributed by atoms with E-state index in [4.69, 9.17) is 0 Å². The molecule has 2 aromatic rings. The smallest absolute Gasteiger partial charge is 0.128 e. The zero-order valence-corrected chi connectivity index (χ0v) is 13.7. The Morgan fingerprint density at radius 1 is 1.00 bits per heavy atom. The maximum absolute atomic E-state index is 11.4. The fraction of sp³-hybridized carbons (Fsp3) is 0.350. The highest BCUT2D eigenvalue weighted by molar-refractivity contribution is 5.67. The average molecular weight is 295 g/mol. The van der Waals surface area contributed by atoms with Crippen molar-refractivity contribution in [1.82, 2.24) is 5.32 Å². The lowest BCUT2D eigenvalue weighted by Crippen LogP contribution is -2.41. The van der Waals surface area contributed by atoms with E-state index in [0.29, 0.717) is 6.54 Å². The second kappa shape index (κ2) is 7.37. The van der Waals surface area contributed by atoms with Gasteiger partial charge in [-0.25, -0.2) is 0 Å². The molecule has 22 heavy (non-hydrogen) atoms. The van der Waals surface area contributed by atoms with Gasteiger partial charge in [0.2, 0.25) is 0 Å². The summed E-state index contributed by atoms with van der Waals surface area (Å²) in [4.78, 5) is 11.4. The number of benzene rings is 2. The second-order valence-corrected chi connectivity index (χ2v) is 6.35. The van der Waals surface area contributed by atoms with Gasteiger partial charge in [-0.15, -0.1) is 0 Å². The molecule has 116 valence electrons. The standard InChI is InChI=1S/C20H25NO/c1-4-20(2,3)21-14-19(15-22)18-12-10-17(11-13-18)16-8-6-5-7-9-16/h5-13,15,19,21H,4,14H2,1-3H3/t19-/m0/s1. The van der Waals surface area contributed by atoms with Crippen LogP contribution >= 0.6 is 0 Å². The first-order valence-corrected chi connectivity index (χ1v) is 7.91. The van der Waals surface area contributed by atoms with Crippen molar-refractivity contribution in [3.05, 3.63) is 60.2 Å². The van der Waals surface area contributed by atoms with Crippen molar-refractivity contribution < 1.29 is 4.79 Å². The van der Waals surface area contributed by atoms with E-state index in [9.17, 15) is 4.79 Å². The van der Waals surface area contributed by atoms with Crippen LogP contribution in [0.5, 0.6) is 0 Å². The van der Waals surface area contributed by atoms with E-state index >= 15 is 0 Å². The zero-order chi connectivity index (χ0) is 16.0. The summed E-state index contributed by atoms with van der Waals surface area (Å²) < 4.78 is 0. The number of rotatable bonds is 7. The Hall–Kier alpha value is -1.93. The molecular weight excluding hydrogens is 270 g/mol. The van der Waals surface area contributed by atoms with Gasteiger partial charge < -0.3 is 10.1 Å².